The highest BCUT2D eigenvalue weighted by Crippen LogP contribution is 2.21. The average Bonchev–Trinajstić information content (AvgIpc) is 2.83. The molecule has 0 fully saturated rings. The molecule has 1 aromatic heterocycles. The number of H-pyrrole nitrogens is 1. The molecule has 1 N–H and O–H groups in total. The molecule has 19 heavy (non-hydrogen) atoms. The molecule has 0 spiro atoms. The van der Waals surface area contributed by atoms with Crippen LogP contribution in [0, 0.1) is 6.42 Å². The molecule has 0 aliphatic carbocycles. The standard InChI is InChI=1S/C17H15N2/c1-2-6-13-9-10-16-15(11-13)17(19-18-16)12-14-7-4-3-5-8-14/h2-11H,1,12H2,(H,18,19). The largest absolute Gasteiger partial charge is 0.278 e. The summed E-state index contributed by atoms with van der Waals surface area (Å²) in [6.07, 6.45) is 4.65. The van der Waals surface area contributed by atoms with Gasteiger partial charge in [0, 0.05) is 18.2 Å². The van der Waals surface area contributed by atoms with Gasteiger partial charge in [0.15, 0.2) is 0 Å². The third kappa shape index (κ3) is 2.43. The van der Waals surface area contributed by atoms with E-state index in [9.17, 15) is 0 Å². The fraction of sp³-hybridized carbons (Fsp3) is 0.0588. The van der Waals surface area contributed by atoms with Gasteiger partial charge in [0.05, 0.1) is 11.2 Å². The van der Waals surface area contributed by atoms with Crippen LogP contribution in [-0.4, -0.2) is 10.2 Å². The van der Waals surface area contributed by atoms with Crippen molar-refractivity contribution in [2.75, 3.05) is 0 Å². The van der Waals surface area contributed by atoms with Gasteiger partial charge in [-0.15, -0.1) is 6.58 Å². The first-order valence-electron chi connectivity index (χ1n) is 6.33. The number of hydrogen-bond donors (Lipinski definition) is 1. The number of hydrogen-bond acceptors (Lipinski definition) is 1. The van der Waals surface area contributed by atoms with Crippen LogP contribution in [0.5, 0.6) is 0 Å². The van der Waals surface area contributed by atoms with Gasteiger partial charge >= 0.3 is 0 Å². The van der Waals surface area contributed by atoms with Gasteiger partial charge < -0.3 is 0 Å². The van der Waals surface area contributed by atoms with Crippen molar-refractivity contribution >= 4 is 10.9 Å². The minimum absolute atomic E-state index is 0.846. The summed E-state index contributed by atoms with van der Waals surface area (Å²) in [7, 11) is 0. The maximum absolute atomic E-state index is 4.43. The predicted molar refractivity (Wildman–Crippen MR) is 78.9 cm³/mol. The van der Waals surface area contributed by atoms with Gasteiger partial charge in [0.1, 0.15) is 0 Å². The number of nitrogens with one attached hydrogen (secondary N) is 1. The Balaban J connectivity index is 1.99. The molecule has 0 atom stereocenters. The number of aromatic nitrogens is 2. The van der Waals surface area contributed by atoms with Crippen molar-refractivity contribution in [2.45, 2.75) is 6.42 Å². The molecule has 2 aromatic carbocycles. The molecule has 3 aromatic rings. The fourth-order valence-corrected chi connectivity index (χ4v) is 2.25. The lowest BCUT2D eigenvalue weighted by Crippen LogP contribution is -1.89. The van der Waals surface area contributed by atoms with Crippen molar-refractivity contribution in [3.63, 3.8) is 0 Å². The van der Waals surface area contributed by atoms with E-state index in [0.29, 0.717) is 0 Å². The lowest BCUT2D eigenvalue weighted by Gasteiger charge is -2.00. The van der Waals surface area contributed by atoms with E-state index in [1.807, 2.05) is 12.5 Å². The van der Waals surface area contributed by atoms with E-state index in [0.717, 1.165) is 23.2 Å². The van der Waals surface area contributed by atoms with Crippen LogP contribution in [0.1, 0.15) is 16.8 Å². The molecule has 0 aliphatic rings. The van der Waals surface area contributed by atoms with Crippen LogP contribution in [0.2, 0.25) is 0 Å². The van der Waals surface area contributed by atoms with Gasteiger partial charge in [-0.25, -0.2) is 0 Å². The highest BCUT2D eigenvalue weighted by atomic mass is 15.1. The first-order chi connectivity index (χ1) is 9.36. The predicted octanol–water partition coefficient (Wildman–Crippen LogP) is 3.89. The first-order valence-corrected chi connectivity index (χ1v) is 6.33. The molecule has 2 heteroatoms. The normalized spacial score (nSPS) is 10.7. The second-order valence-corrected chi connectivity index (χ2v) is 4.54. The zero-order chi connectivity index (χ0) is 13.1. The quantitative estimate of drug-likeness (QED) is 0.744. The van der Waals surface area contributed by atoms with Gasteiger partial charge in [-0.3, -0.25) is 5.10 Å². The summed E-state index contributed by atoms with van der Waals surface area (Å²) < 4.78 is 0. The Hall–Kier alpha value is -2.35. The van der Waals surface area contributed by atoms with Crippen molar-refractivity contribution in [3.8, 4) is 0 Å². The van der Waals surface area contributed by atoms with Crippen LogP contribution in [0.25, 0.3) is 10.9 Å². The monoisotopic (exact) mass is 247 g/mol. The van der Waals surface area contributed by atoms with Crippen molar-refractivity contribution in [2.24, 2.45) is 0 Å². The van der Waals surface area contributed by atoms with E-state index in [4.69, 9.17) is 0 Å². The lowest BCUT2D eigenvalue weighted by molar-refractivity contribution is 1.01. The summed E-state index contributed by atoms with van der Waals surface area (Å²) in [5.41, 5.74) is 4.58. The van der Waals surface area contributed by atoms with Crippen LogP contribution in [0.3, 0.4) is 0 Å². The summed E-state index contributed by atoms with van der Waals surface area (Å²) in [4.78, 5) is 0. The number of fused-ring (bicyclic) bond motifs is 1. The van der Waals surface area contributed by atoms with Gasteiger partial charge in [-0.05, 0) is 23.3 Å². The Kier molecular flexibility index (Phi) is 3.15. The molecule has 3 rings (SSSR count). The van der Waals surface area contributed by atoms with Crippen LogP contribution < -0.4 is 0 Å². The Morgan fingerprint density at radius 1 is 1.11 bits per heavy atom. The summed E-state index contributed by atoms with van der Waals surface area (Å²) in [5.74, 6) is 0. The van der Waals surface area contributed by atoms with E-state index in [1.54, 1.807) is 6.08 Å². The molecule has 93 valence electrons. The van der Waals surface area contributed by atoms with Crippen molar-refractivity contribution < 1.29 is 0 Å². The third-order valence-corrected chi connectivity index (χ3v) is 3.19. The van der Waals surface area contributed by atoms with Crippen molar-refractivity contribution in [3.05, 3.63) is 84.4 Å². The number of allylic oxidation sites excluding steroid dienone is 1. The summed E-state index contributed by atoms with van der Waals surface area (Å²) in [6.45, 7) is 3.73. The molecular weight excluding hydrogens is 232 g/mol. The Morgan fingerprint density at radius 3 is 2.74 bits per heavy atom. The highest BCUT2D eigenvalue weighted by molar-refractivity contribution is 5.82. The van der Waals surface area contributed by atoms with Crippen LogP contribution in [-0.2, 0) is 6.42 Å². The molecule has 0 saturated heterocycles. The summed E-state index contributed by atoms with van der Waals surface area (Å²) in [6, 6.07) is 16.7. The molecule has 0 aliphatic heterocycles. The second kappa shape index (κ2) is 5.11. The average molecular weight is 247 g/mol. The Labute approximate surface area is 112 Å². The smallest absolute Gasteiger partial charge is 0.0744 e. The zero-order valence-corrected chi connectivity index (χ0v) is 10.6. The van der Waals surface area contributed by atoms with E-state index in [2.05, 4.69) is 59.2 Å². The van der Waals surface area contributed by atoms with E-state index in [1.165, 1.54) is 10.9 Å². The highest BCUT2D eigenvalue weighted by Gasteiger charge is 2.07. The number of nitrogens with zero attached hydrogens (tertiary/aromatic N) is 1. The molecule has 0 unspecified atom stereocenters. The van der Waals surface area contributed by atoms with E-state index >= 15 is 0 Å². The first kappa shape index (κ1) is 11.7. The Bertz CT molecular complexity index is 696. The fourth-order valence-electron chi connectivity index (χ4n) is 2.25. The molecule has 1 radical (unpaired) electrons. The minimum atomic E-state index is 0.846. The molecule has 0 saturated carbocycles. The van der Waals surface area contributed by atoms with Crippen LogP contribution >= 0.6 is 0 Å². The molecule has 1 heterocycles. The molecule has 0 bridgehead atoms. The molecule has 0 amide bonds. The number of rotatable bonds is 4. The Morgan fingerprint density at radius 2 is 1.95 bits per heavy atom. The van der Waals surface area contributed by atoms with Crippen LogP contribution in [0.15, 0.2) is 61.2 Å². The van der Waals surface area contributed by atoms with Crippen LogP contribution in [0.4, 0.5) is 0 Å². The van der Waals surface area contributed by atoms with Crippen molar-refractivity contribution in [1.29, 1.82) is 0 Å². The van der Waals surface area contributed by atoms with Gasteiger partial charge in [-0.2, -0.15) is 5.10 Å². The summed E-state index contributed by atoms with van der Waals surface area (Å²) >= 11 is 0. The SMILES string of the molecule is C=C[CH]c1ccc2[nH]nc(Cc3ccccc3)c2c1. The van der Waals surface area contributed by atoms with Gasteiger partial charge in [-0.1, -0.05) is 42.5 Å². The lowest BCUT2D eigenvalue weighted by atomic mass is 10.0. The van der Waals surface area contributed by atoms with Gasteiger partial charge in [0.25, 0.3) is 0 Å². The van der Waals surface area contributed by atoms with E-state index < -0.39 is 0 Å². The topological polar surface area (TPSA) is 28.7 Å². The maximum atomic E-state index is 4.43. The molecular formula is C17H15N2. The maximum Gasteiger partial charge on any atom is 0.0744 e. The molecule has 2 nitrogen and oxygen atoms in total. The van der Waals surface area contributed by atoms with E-state index in [-0.39, 0.29) is 0 Å². The number of benzene rings is 2. The minimum Gasteiger partial charge on any atom is -0.278 e. The third-order valence-electron chi connectivity index (χ3n) is 3.19. The second-order valence-electron chi connectivity index (χ2n) is 4.54. The van der Waals surface area contributed by atoms with Crippen molar-refractivity contribution in [1.82, 2.24) is 10.2 Å². The summed E-state index contributed by atoms with van der Waals surface area (Å²) in [5, 5.41) is 8.70. The zero-order valence-electron chi connectivity index (χ0n) is 10.6. The van der Waals surface area contributed by atoms with Gasteiger partial charge in [0.2, 0.25) is 0 Å². The number of aromatic amines is 1.